The van der Waals surface area contributed by atoms with E-state index in [1.54, 1.807) is 0 Å². The SMILES string of the molecule is CC(C)(C)OC(N)COc1ccc(C(C)(C)c2ccc(OCC(N)OCC(N)OC(C)(C)C)cc2)cc1. The largest absolute Gasteiger partial charge is 0.489 e. The van der Waals surface area contributed by atoms with Crippen LogP contribution >= 0.6 is 0 Å². The monoisotopic (exact) mass is 517 g/mol. The van der Waals surface area contributed by atoms with Gasteiger partial charge in [0.15, 0.2) is 0 Å². The number of nitrogens with two attached hydrogens (primary N) is 3. The maximum absolute atomic E-state index is 6.00. The lowest BCUT2D eigenvalue weighted by atomic mass is 9.78. The Morgan fingerprint density at radius 1 is 0.541 bits per heavy atom. The van der Waals surface area contributed by atoms with Gasteiger partial charge in [-0.1, -0.05) is 38.1 Å². The molecule has 0 aliphatic carbocycles. The highest BCUT2D eigenvalue weighted by Gasteiger charge is 2.23. The van der Waals surface area contributed by atoms with Crippen LogP contribution in [0, 0.1) is 0 Å². The van der Waals surface area contributed by atoms with Crippen molar-refractivity contribution in [2.45, 2.75) is 90.7 Å². The van der Waals surface area contributed by atoms with E-state index in [1.165, 1.54) is 0 Å². The van der Waals surface area contributed by atoms with Crippen molar-refractivity contribution in [2.75, 3.05) is 19.8 Å². The molecule has 8 heteroatoms. The Morgan fingerprint density at radius 3 is 1.27 bits per heavy atom. The van der Waals surface area contributed by atoms with Crippen molar-refractivity contribution in [1.29, 1.82) is 0 Å². The fraction of sp³-hybridized carbons (Fsp3) is 0.586. The van der Waals surface area contributed by atoms with Crippen molar-refractivity contribution in [2.24, 2.45) is 17.2 Å². The molecular formula is C29H47N3O5. The van der Waals surface area contributed by atoms with E-state index in [1.807, 2.05) is 65.8 Å². The van der Waals surface area contributed by atoms with E-state index < -0.39 is 18.7 Å². The third kappa shape index (κ3) is 11.4. The van der Waals surface area contributed by atoms with Gasteiger partial charge in [-0.3, -0.25) is 0 Å². The van der Waals surface area contributed by atoms with Crippen molar-refractivity contribution in [3.8, 4) is 11.5 Å². The average molecular weight is 518 g/mol. The van der Waals surface area contributed by atoms with Crippen molar-refractivity contribution < 1.29 is 23.7 Å². The fourth-order valence-corrected chi connectivity index (χ4v) is 3.70. The van der Waals surface area contributed by atoms with E-state index in [2.05, 4.69) is 38.1 Å². The Morgan fingerprint density at radius 2 is 0.892 bits per heavy atom. The maximum atomic E-state index is 6.00. The molecule has 6 N–H and O–H groups in total. The molecule has 0 fully saturated rings. The smallest absolute Gasteiger partial charge is 0.140 e. The average Bonchev–Trinajstić information content (AvgIpc) is 2.78. The minimum absolute atomic E-state index is 0.191. The van der Waals surface area contributed by atoms with Crippen LogP contribution in [-0.2, 0) is 19.6 Å². The lowest BCUT2D eigenvalue weighted by Crippen LogP contribution is -2.41. The summed E-state index contributed by atoms with van der Waals surface area (Å²) in [6.07, 6.45) is -1.65. The molecule has 2 aromatic carbocycles. The molecule has 2 aromatic rings. The van der Waals surface area contributed by atoms with E-state index in [0.29, 0.717) is 5.75 Å². The standard InChI is InChI=1S/C29H47N3O5/c1-27(2,3)36-25(31)18-34-23-15-11-21(12-16-23)29(7,8)20-9-13-22(14-10-20)33-17-24(30)35-19-26(32)37-28(4,5)6/h9-16,24-26H,17-19,30-32H2,1-8H3. The van der Waals surface area contributed by atoms with E-state index in [4.69, 9.17) is 40.9 Å². The number of hydrogen-bond donors (Lipinski definition) is 3. The van der Waals surface area contributed by atoms with Gasteiger partial charge in [0.25, 0.3) is 0 Å². The van der Waals surface area contributed by atoms with Gasteiger partial charge in [0, 0.05) is 5.41 Å². The second-order valence-corrected chi connectivity index (χ2v) is 11.7. The minimum atomic E-state index is -0.610. The predicted molar refractivity (Wildman–Crippen MR) is 148 cm³/mol. The fourth-order valence-electron chi connectivity index (χ4n) is 3.70. The van der Waals surface area contributed by atoms with Gasteiger partial charge in [0.2, 0.25) is 0 Å². The zero-order chi connectivity index (χ0) is 27.9. The third-order valence-corrected chi connectivity index (χ3v) is 5.46. The molecule has 0 aliphatic rings. The molecule has 8 nitrogen and oxygen atoms in total. The lowest BCUT2D eigenvalue weighted by molar-refractivity contribution is -0.105. The Labute approximate surface area is 222 Å². The van der Waals surface area contributed by atoms with Gasteiger partial charge >= 0.3 is 0 Å². The molecule has 0 bridgehead atoms. The molecular weight excluding hydrogens is 470 g/mol. The van der Waals surface area contributed by atoms with Crippen LogP contribution in [0.1, 0.15) is 66.5 Å². The molecule has 0 amide bonds. The molecule has 0 saturated heterocycles. The van der Waals surface area contributed by atoms with Crippen molar-refractivity contribution in [1.82, 2.24) is 0 Å². The molecule has 3 atom stereocenters. The molecule has 0 heterocycles. The number of hydrogen-bond acceptors (Lipinski definition) is 8. The van der Waals surface area contributed by atoms with Crippen LogP contribution in [0.25, 0.3) is 0 Å². The Balaban J connectivity index is 1.87. The lowest BCUT2D eigenvalue weighted by Gasteiger charge is -2.27. The predicted octanol–water partition coefficient (Wildman–Crippen LogP) is 4.27. The minimum Gasteiger partial charge on any atom is -0.489 e. The van der Waals surface area contributed by atoms with Crippen LogP contribution in [0.15, 0.2) is 48.5 Å². The number of rotatable bonds is 13. The number of benzene rings is 2. The van der Waals surface area contributed by atoms with Crippen LogP contribution in [0.3, 0.4) is 0 Å². The molecule has 2 rings (SSSR count). The topological polar surface area (TPSA) is 124 Å². The quantitative estimate of drug-likeness (QED) is 0.337. The summed E-state index contributed by atoms with van der Waals surface area (Å²) in [5, 5.41) is 0. The van der Waals surface area contributed by atoms with Gasteiger partial charge in [-0.2, -0.15) is 0 Å². The van der Waals surface area contributed by atoms with Crippen LogP contribution in [0.4, 0.5) is 0 Å². The normalized spacial score (nSPS) is 15.2. The summed E-state index contributed by atoms with van der Waals surface area (Å²) in [6, 6.07) is 16.0. The molecule has 0 radical (unpaired) electrons. The molecule has 3 unspecified atom stereocenters. The van der Waals surface area contributed by atoms with Gasteiger partial charge in [-0.05, 0) is 76.9 Å². The van der Waals surface area contributed by atoms with Gasteiger partial charge in [0.05, 0.1) is 17.8 Å². The van der Waals surface area contributed by atoms with E-state index in [0.717, 1.165) is 16.9 Å². The summed E-state index contributed by atoms with van der Waals surface area (Å²) in [5.74, 6) is 1.46. The molecule has 0 aromatic heterocycles. The molecule has 208 valence electrons. The zero-order valence-electron chi connectivity index (χ0n) is 23.7. The van der Waals surface area contributed by atoms with Crippen LogP contribution in [0.2, 0.25) is 0 Å². The maximum Gasteiger partial charge on any atom is 0.140 e. The highest BCUT2D eigenvalue weighted by molar-refractivity contribution is 5.41. The highest BCUT2D eigenvalue weighted by Crippen LogP contribution is 2.33. The summed E-state index contributed by atoms with van der Waals surface area (Å²) in [7, 11) is 0. The zero-order valence-corrected chi connectivity index (χ0v) is 23.7. The van der Waals surface area contributed by atoms with Crippen molar-refractivity contribution in [3.05, 3.63) is 59.7 Å². The van der Waals surface area contributed by atoms with Crippen molar-refractivity contribution in [3.63, 3.8) is 0 Å². The second-order valence-electron chi connectivity index (χ2n) is 11.7. The Kier molecular flexibility index (Phi) is 10.9. The van der Waals surface area contributed by atoms with Gasteiger partial charge in [-0.25, -0.2) is 0 Å². The van der Waals surface area contributed by atoms with Crippen molar-refractivity contribution >= 4 is 0 Å². The van der Waals surface area contributed by atoms with Crippen LogP contribution in [-0.4, -0.2) is 49.7 Å². The van der Waals surface area contributed by atoms with E-state index >= 15 is 0 Å². The molecule has 0 saturated carbocycles. The third-order valence-electron chi connectivity index (χ3n) is 5.46. The molecule has 37 heavy (non-hydrogen) atoms. The first-order valence-corrected chi connectivity index (χ1v) is 12.8. The summed E-state index contributed by atoms with van der Waals surface area (Å²) >= 11 is 0. The van der Waals surface area contributed by atoms with Gasteiger partial charge < -0.3 is 40.9 Å². The summed E-state index contributed by atoms with van der Waals surface area (Å²) in [5.41, 5.74) is 19.4. The summed E-state index contributed by atoms with van der Waals surface area (Å²) < 4.78 is 28.5. The first-order chi connectivity index (χ1) is 17.0. The Hall–Kier alpha value is -2.20. The first-order valence-electron chi connectivity index (χ1n) is 12.8. The molecule has 0 spiro atoms. The van der Waals surface area contributed by atoms with Crippen LogP contribution in [0.5, 0.6) is 11.5 Å². The van der Waals surface area contributed by atoms with Crippen LogP contribution < -0.4 is 26.7 Å². The van der Waals surface area contributed by atoms with E-state index in [-0.39, 0.29) is 36.4 Å². The first kappa shape index (κ1) is 31.0. The summed E-state index contributed by atoms with van der Waals surface area (Å²) in [4.78, 5) is 0. The van der Waals surface area contributed by atoms with Gasteiger partial charge in [0.1, 0.15) is 43.4 Å². The molecule has 0 aliphatic heterocycles. The summed E-state index contributed by atoms with van der Waals surface area (Å²) in [6.45, 7) is 16.7. The second kappa shape index (κ2) is 13.0. The highest BCUT2D eigenvalue weighted by atomic mass is 16.6. The van der Waals surface area contributed by atoms with Gasteiger partial charge in [-0.15, -0.1) is 0 Å². The van der Waals surface area contributed by atoms with E-state index in [9.17, 15) is 0 Å². The Bertz CT molecular complexity index is 934. The number of ether oxygens (including phenoxy) is 5.